The summed E-state index contributed by atoms with van der Waals surface area (Å²) in [4.78, 5) is 12.3. The van der Waals surface area contributed by atoms with Gasteiger partial charge in [-0.05, 0) is 31.9 Å². The molecule has 3 rings (SSSR count). The lowest BCUT2D eigenvalue weighted by atomic mass is 10.2. The van der Waals surface area contributed by atoms with Crippen molar-refractivity contribution >= 4 is 29.3 Å². The van der Waals surface area contributed by atoms with Crippen molar-refractivity contribution < 1.29 is 9.53 Å². The summed E-state index contributed by atoms with van der Waals surface area (Å²) >= 11 is 7.85. The van der Waals surface area contributed by atoms with E-state index >= 15 is 0 Å². The molecule has 1 aromatic heterocycles. The molecule has 2 aromatic rings. The first-order chi connectivity index (χ1) is 13.1. The van der Waals surface area contributed by atoms with E-state index in [1.54, 1.807) is 7.11 Å². The number of carbonyl (C=O) groups excluding carboxylic acids is 1. The van der Waals surface area contributed by atoms with E-state index < -0.39 is 0 Å². The molecule has 0 unspecified atom stereocenters. The number of aromatic nitrogens is 3. The fourth-order valence-corrected chi connectivity index (χ4v) is 4.47. The lowest BCUT2D eigenvalue weighted by Gasteiger charge is -2.19. The van der Waals surface area contributed by atoms with Gasteiger partial charge in [-0.2, -0.15) is 0 Å². The molecule has 1 heterocycles. The highest BCUT2D eigenvalue weighted by Crippen LogP contribution is 2.38. The molecule has 1 saturated carbocycles. The van der Waals surface area contributed by atoms with Gasteiger partial charge in [-0.25, -0.2) is 0 Å². The molecule has 1 N–H and O–H groups in total. The monoisotopic (exact) mass is 408 g/mol. The summed E-state index contributed by atoms with van der Waals surface area (Å²) in [7, 11) is 1.62. The van der Waals surface area contributed by atoms with Crippen molar-refractivity contribution in [3.05, 3.63) is 29.3 Å². The fourth-order valence-electron chi connectivity index (χ4n) is 3.31. The number of hydrogen-bond donors (Lipinski definition) is 1. The van der Waals surface area contributed by atoms with E-state index in [0.717, 1.165) is 29.4 Å². The van der Waals surface area contributed by atoms with Crippen molar-refractivity contribution in [1.82, 2.24) is 20.1 Å². The zero-order chi connectivity index (χ0) is 19.2. The van der Waals surface area contributed by atoms with Crippen molar-refractivity contribution in [3.8, 4) is 11.4 Å². The number of carbonyl (C=O) groups is 1. The second kappa shape index (κ2) is 9.57. The van der Waals surface area contributed by atoms with Crippen molar-refractivity contribution in [1.29, 1.82) is 0 Å². The average molecular weight is 409 g/mol. The lowest BCUT2D eigenvalue weighted by molar-refractivity contribution is -0.120. The van der Waals surface area contributed by atoms with Crippen LogP contribution in [0.1, 0.15) is 38.6 Å². The SMILES string of the molecule is COCCNC(=O)[C@H](C)Sc1nnc(-c2ccccc2Cl)n1C1CCCC1. The quantitative estimate of drug-likeness (QED) is 0.529. The van der Waals surface area contributed by atoms with Gasteiger partial charge >= 0.3 is 0 Å². The van der Waals surface area contributed by atoms with Crippen LogP contribution < -0.4 is 5.32 Å². The van der Waals surface area contributed by atoms with E-state index in [2.05, 4.69) is 20.1 Å². The molecule has 0 aliphatic heterocycles. The normalized spacial score (nSPS) is 15.8. The standard InChI is InChI=1S/C19H25ClN4O2S/c1-13(18(25)21-11-12-26-2)27-19-23-22-17(15-9-5-6-10-16(15)20)24(19)14-7-3-4-8-14/h5-6,9-10,13-14H,3-4,7-8,11-12H2,1-2H3,(H,21,25)/t13-/m0/s1. The minimum atomic E-state index is -0.273. The van der Waals surface area contributed by atoms with Crippen molar-refractivity contribution in [2.45, 2.75) is 49.1 Å². The molecule has 0 bridgehead atoms. The number of nitrogens with one attached hydrogen (secondary N) is 1. The van der Waals surface area contributed by atoms with Crippen LogP contribution in [-0.4, -0.2) is 46.2 Å². The maximum atomic E-state index is 12.3. The van der Waals surface area contributed by atoms with Crippen LogP contribution in [0.2, 0.25) is 5.02 Å². The Morgan fingerprint density at radius 2 is 2.11 bits per heavy atom. The van der Waals surface area contributed by atoms with Gasteiger partial charge in [0.2, 0.25) is 5.91 Å². The van der Waals surface area contributed by atoms with E-state index in [9.17, 15) is 4.79 Å². The Kier molecular flexibility index (Phi) is 7.15. The number of amides is 1. The molecule has 146 valence electrons. The van der Waals surface area contributed by atoms with Crippen LogP contribution in [0.4, 0.5) is 0 Å². The highest BCUT2D eigenvalue weighted by Gasteiger charge is 2.27. The zero-order valence-electron chi connectivity index (χ0n) is 15.7. The van der Waals surface area contributed by atoms with E-state index in [1.807, 2.05) is 31.2 Å². The zero-order valence-corrected chi connectivity index (χ0v) is 17.2. The minimum absolute atomic E-state index is 0.0303. The van der Waals surface area contributed by atoms with Crippen molar-refractivity contribution in [3.63, 3.8) is 0 Å². The van der Waals surface area contributed by atoms with Gasteiger partial charge in [-0.3, -0.25) is 9.36 Å². The minimum Gasteiger partial charge on any atom is -0.383 e. The topological polar surface area (TPSA) is 69.0 Å². The number of hydrogen-bond acceptors (Lipinski definition) is 5. The van der Waals surface area contributed by atoms with Crippen LogP contribution in [0.3, 0.4) is 0 Å². The molecular weight excluding hydrogens is 384 g/mol. The van der Waals surface area contributed by atoms with Gasteiger partial charge in [0.1, 0.15) is 0 Å². The number of rotatable bonds is 8. The van der Waals surface area contributed by atoms with Crippen LogP contribution in [0, 0.1) is 0 Å². The Balaban J connectivity index is 1.85. The summed E-state index contributed by atoms with van der Waals surface area (Å²) in [6, 6.07) is 8.03. The Labute approximate surface area is 169 Å². The number of benzene rings is 1. The number of thioether (sulfide) groups is 1. The summed E-state index contributed by atoms with van der Waals surface area (Å²) in [6.07, 6.45) is 4.58. The second-order valence-corrected chi connectivity index (χ2v) is 8.35. The van der Waals surface area contributed by atoms with Gasteiger partial charge in [0.05, 0.1) is 16.9 Å². The molecule has 27 heavy (non-hydrogen) atoms. The van der Waals surface area contributed by atoms with E-state index in [4.69, 9.17) is 16.3 Å². The molecule has 1 fully saturated rings. The molecule has 1 aliphatic rings. The molecule has 1 aliphatic carbocycles. The molecule has 1 aromatic carbocycles. The highest BCUT2D eigenvalue weighted by molar-refractivity contribution is 8.00. The maximum absolute atomic E-state index is 12.3. The summed E-state index contributed by atoms with van der Waals surface area (Å²) in [5.74, 6) is 0.749. The number of halogens is 1. The predicted octanol–water partition coefficient (Wildman–Crippen LogP) is 3.96. The van der Waals surface area contributed by atoms with Crippen LogP contribution in [0.15, 0.2) is 29.4 Å². The first kappa shape index (κ1) is 20.2. The second-order valence-electron chi connectivity index (χ2n) is 6.64. The van der Waals surface area contributed by atoms with Crippen molar-refractivity contribution in [2.24, 2.45) is 0 Å². The Morgan fingerprint density at radius 1 is 1.37 bits per heavy atom. The third-order valence-electron chi connectivity index (χ3n) is 4.73. The van der Waals surface area contributed by atoms with E-state index in [1.165, 1.54) is 24.6 Å². The van der Waals surface area contributed by atoms with Gasteiger partial charge < -0.3 is 10.1 Å². The van der Waals surface area contributed by atoms with Crippen LogP contribution in [0.5, 0.6) is 0 Å². The average Bonchev–Trinajstić information content (AvgIpc) is 3.31. The molecule has 0 spiro atoms. The van der Waals surface area contributed by atoms with E-state index in [-0.39, 0.29) is 11.2 Å². The third kappa shape index (κ3) is 4.83. The van der Waals surface area contributed by atoms with Gasteiger partial charge in [-0.15, -0.1) is 10.2 Å². The van der Waals surface area contributed by atoms with Gasteiger partial charge in [0.25, 0.3) is 0 Å². The first-order valence-corrected chi connectivity index (χ1v) is 10.5. The van der Waals surface area contributed by atoms with E-state index in [0.29, 0.717) is 24.2 Å². The molecule has 6 nitrogen and oxygen atoms in total. The lowest BCUT2D eigenvalue weighted by Crippen LogP contribution is -2.33. The Hall–Kier alpha value is -1.57. The van der Waals surface area contributed by atoms with Crippen LogP contribution in [-0.2, 0) is 9.53 Å². The van der Waals surface area contributed by atoms with Gasteiger partial charge in [0, 0.05) is 25.3 Å². The maximum Gasteiger partial charge on any atom is 0.233 e. The summed E-state index contributed by atoms with van der Waals surface area (Å²) in [5, 5.41) is 12.9. The number of nitrogens with zero attached hydrogens (tertiary/aromatic N) is 3. The highest BCUT2D eigenvalue weighted by atomic mass is 35.5. The van der Waals surface area contributed by atoms with Gasteiger partial charge in [0.15, 0.2) is 11.0 Å². The molecule has 1 atom stereocenters. The Bertz CT molecular complexity index is 777. The van der Waals surface area contributed by atoms with Crippen LogP contribution in [0.25, 0.3) is 11.4 Å². The van der Waals surface area contributed by atoms with Crippen LogP contribution >= 0.6 is 23.4 Å². The predicted molar refractivity (Wildman–Crippen MR) is 108 cm³/mol. The number of methoxy groups -OCH3 is 1. The number of ether oxygens (including phenoxy) is 1. The summed E-state index contributed by atoms with van der Waals surface area (Å²) in [5.41, 5.74) is 0.877. The molecular formula is C19H25ClN4O2S. The third-order valence-corrected chi connectivity index (χ3v) is 6.11. The largest absolute Gasteiger partial charge is 0.383 e. The van der Waals surface area contributed by atoms with Gasteiger partial charge in [-0.1, -0.05) is 48.3 Å². The Morgan fingerprint density at radius 3 is 2.81 bits per heavy atom. The molecule has 0 radical (unpaired) electrons. The molecule has 0 saturated heterocycles. The molecule has 1 amide bonds. The summed E-state index contributed by atoms with van der Waals surface area (Å²) < 4.78 is 7.16. The smallest absolute Gasteiger partial charge is 0.233 e. The fraction of sp³-hybridized carbons (Fsp3) is 0.526. The molecule has 8 heteroatoms. The first-order valence-electron chi connectivity index (χ1n) is 9.25. The van der Waals surface area contributed by atoms with Crippen molar-refractivity contribution in [2.75, 3.05) is 20.3 Å². The summed E-state index contributed by atoms with van der Waals surface area (Å²) in [6.45, 7) is 2.88.